The third-order valence-corrected chi connectivity index (χ3v) is 17.9. The second-order valence-electron chi connectivity index (χ2n) is 25.4. The molecule has 522 valence electrons. The Morgan fingerprint density at radius 3 is 0.773 bits per heavy atom. The number of hydrogen-bond acceptors (Lipinski definition) is 15. The van der Waals surface area contributed by atoms with Crippen molar-refractivity contribution in [3.05, 3.63) is 0 Å². The summed E-state index contributed by atoms with van der Waals surface area (Å²) >= 11 is 0. The van der Waals surface area contributed by atoms with Gasteiger partial charge in [0.05, 0.1) is 26.4 Å². The zero-order valence-electron chi connectivity index (χ0n) is 56.9. The molecule has 0 saturated carbocycles. The molecule has 0 fully saturated rings. The Morgan fingerprint density at radius 2 is 0.523 bits per heavy atom. The first-order chi connectivity index (χ1) is 42.5. The zero-order valence-corrected chi connectivity index (χ0v) is 58.6. The number of carbonyl (C=O) groups is 4. The van der Waals surface area contributed by atoms with Crippen molar-refractivity contribution in [1.82, 2.24) is 0 Å². The lowest BCUT2D eigenvalue weighted by molar-refractivity contribution is -0.161. The van der Waals surface area contributed by atoms with Crippen LogP contribution in [0.3, 0.4) is 0 Å². The first-order valence-corrected chi connectivity index (χ1v) is 39.1. The van der Waals surface area contributed by atoms with E-state index in [2.05, 4.69) is 34.6 Å². The molecule has 2 unspecified atom stereocenters. The lowest BCUT2D eigenvalue weighted by Gasteiger charge is -2.21. The van der Waals surface area contributed by atoms with E-state index in [1.165, 1.54) is 180 Å². The molecule has 0 aliphatic rings. The molecular formula is C69H134O17P2. The van der Waals surface area contributed by atoms with Crippen LogP contribution in [0.4, 0.5) is 0 Å². The van der Waals surface area contributed by atoms with Crippen LogP contribution in [-0.2, 0) is 65.4 Å². The number of esters is 4. The van der Waals surface area contributed by atoms with Gasteiger partial charge in [-0.2, -0.15) is 0 Å². The van der Waals surface area contributed by atoms with Crippen LogP contribution in [0.15, 0.2) is 0 Å². The normalized spacial score (nSPS) is 14.1. The molecule has 19 heteroatoms. The van der Waals surface area contributed by atoms with Crippen molar-refractivity contribution >= 4 is 39.5 Å². The van der Waals surface area contributed by atoms with Crippen molar-refractivity contribution in [3.63, 3.8) is 0 Å². The topological polar surface area (TPSA) is 237 Å². The van der Waals surface area contributed by atoms with Gasteiger partial charge in [0.1, 0.15) is 19.3 Å². The molecule has 0 aliphatic heterocycles. The number of unbranched alkanes of at least 4 members (excludes halogenated alkanes) is 41. The fourth-order valence-corrected chi connectivity index (χ4v) is 12.0. The smallest absolute Gasteiger partial charge is 0.462 e. The van der Waals surface area contributed by atoms with Crippen LogP contribution in [0.2, 0.25) is 0 Å². The third kappa shape index (κ3) is 62.8. The predicted octanol–water partition coefficient (Wildman–Crippen LogP) is 19.7. The number of carbonyl (C=O) groups excluding carboxylic acids is 4. The van der Waals surface area contributed by atoms with Crippen molar-refractivity contribution in [3.8, 4) is 0 Å². The van der Waals surface area contributed by atoms with E-state index < -0.39 is 97.5 Å². The van der Waals surface area contributed by atoms with E-state index in [-0.39, 0.29) is 25.7 Å². The summed E-state index contributed by atoms with van der Waals surface area (Å²) in [6.45, 7) is 7.17. The molecule has 0 amide bonds. The van der Waals surface area contributed by atoms with Crippen LogP contribution >= 0.6 is 15.6 Å². The highest BCUT2D eigenvalue weighted by Crippen LogP contribution is 2.45. The lowest BCUT2D eigenvalue weighted by atomic mass is 10.0. The molecule has 88 heavy (non-hydrogen) atoms. The third-order valence-electron chi connectivity index (χ3n) is 16.0. The second kappa shape index (κ2) is 62.5. The molecule has 0 spiro atoms. The highest BCUT2D eigenvalue weighted by atomic mass is 31.2. The molecule has 0 aromatic carbocycles. The first-order valence-electron chi connectivity index (χ1n) is 36.1. The van der Waals surface area contributed by atoms with E-state index in [1.54, 1.807) is 0 Å². The van der Waals surface area contributed by atoms with Crippen molar-refractivity contribution in [1.29, 1.82) is 0 Å². The maximum atomic E-state index is 13.0. The van der Waals surface area contributed by atoms with Gasteiger partial charge in [0.15, 0.2) is 12.2 Å². The molecule has 0 aromatic heterocycles. The van der Waals surface area contributed by atoms with E-state index in [1.807, 2.05) is 0 Å². The Hall–Kier alpha value is -1.94. The molecule has 0 radical (unpaired) electrons. The first kappa shape index (κ1) is 86.1. The second-order valence-corrected chi connectivity index (χ2v) is 28.3. The highest BCUT2D eigenvalue weighted by Gasteiger charge is 2.30. The van der Waals surface area contributed by atoms with Gasteiger partial charge in [-0.3, -0.25) is 37.3 Å². The Kier molecular flexibility index (Phi) is 61.1. The van der Waals surface area contributed by atoms with Gasteiger partial charge in [-0.1, -0.05) is 304 Å². The number of aliphatic hydroxyl groups excluding tert-OH is 1. The van der Waals surface area contributed by atoms with Gasteiger partial charge < -0.3 is 33.8 Å². The van der Waals surface area contributed by atoms with Gasteiger partial charge in [-0.05, 0) is 31.6 Å². The number of phosphoric ester groups is 2. The number of hydrogen-bond donors (Lipinski definition) is 3. The molecule has 0 bridgehead atoms. The van der Waals surface area contributed by atoms with E-state index in [4.69, 9.17) is 37.0 Å². The van der Waals surface area contributed by atoms with E-state index in [9.17, 15) is 43.2 Å². The van der Waals surface area contributed by atoms with Crippen molar-refractivity contribution in [2.24, 2.45) is 5.92 Å². The van der Waals surface area contributed by atoms with Gasteiger partial charge in [-0.15, -0.1) is 0 Å². The Balaban J connectivity index is 5.17. The molecule has 0 rings (SSSR count). The quantitative estimate of drug-likeness (QED) is 0.0222. The fourth-order valence-electron chi connectivity index (χ4n) is 10.5. The Labute approximate surface area is 537 Å². The maximum absolute atomic E-state index is 13.0. The van der Waals surface area contributed by atoms with Crippen LogP contribution in [0, 0.1) is 5.92 Å². The molecule has 0 aromatic rings. The SMILES string of the molecule is CCCCCCCCCCCCCCCCCCCCCC(=O)O[C@H](COC(=O)CCCCCCCCCCC(C)C)COP(=O)(O)OC[C@@H](O)COP(=O)(O)OC[C@@H](COC(=O)CCCCCCCCCCC)OC(=O)CCCCCCCCCCC. The van der Waals surface area contributed by atoms with E-state index in [0.29, 0.717) is 25.7 Å². The predicted molar refractivity (Wildman–Crippen MR) is 354 cm³/mol. The fraction of sp³-hybridized carbons (Fsp3) is 0.942. The molecule has 3 N–H and O–H groups in total. The van der Waals surface area contributed by atoms with Crippen LogP contribution in [0.5, 0.6) is 0 Å². The molecule has 0 saturated heterocycles. The van der Waals surface area contributed by atoms with Crippen LogP contribution in [0.25, 0.3) is 0 Å². The molecular weight excluding hydrogens is 1160 g/mol. The van der Waals surface area contributed by atoms with Gasteiger partial charge in [0.25, 0.3) is 0 Å². The van der Waals surface area contributed by atoms with Crippen molar-refractivity contribution < 1.29 is 80.2 Å². The minimum atomic E-state index is -4.95. The van der Waals surface area contributed by atoms with Crippen molar-refractivity contribution in [2.75, 3.05) is 39.6 Å². The van der Waals surface area contributed by atoms with Gasteiger partial charge in [-0.25, -0.2) is 9.13 Å². The van der Waals surface area contributed by atoms with Crippen LogP contribution in [-0.4, -0.2) is 96.7 Å². The average molecular weight is 1300 g/mol. The van der Waals surface area contributed by atoms with Gasteiger partial charge in [0.2, 0.25) is 0 Å². The van der Waals surface area contributed by atoms with Crippen molar-refractivity contribution in [2.45, 2.75) is 374 Å². The van der Waals surface area contributed by atoms with E-state index in [0.717, 1.165) is 95.8 Å². The molecule has 0 heterocycles. The van der Waals surface area contributed by atoms with Gasteiger partial charge >= 0.3 is 39.5 Å². The summed E-state index contributed by atoms with van der Waals surface area (Å²) in [6.07, 6.45) is 48.7. The minimum absolute atomic E-state index is 0.106. The van der Waals surface area contributed by atoms with Crippen LogP contribution < -0.4 is 0 Å². The minimum Gasteiger partial charge on any atom is -0.462 e. The number of aliphatic hydroxyl groups is 1. The summed E-state index contributed by atoms with van der Waals surface area (Å²) in [5.74, 6) is -1.40. The monoisotopic (exact) mass is 1300 g/mol. The maximum Gasteiger partial charge on any atom is 0.472 e. The average Bonchev–Trinajstić information content (AvgIpc) is 3.56. The molecule has 17 nitrogen and oxygen atoms in total. The zero-order chi connectivity index (χ0) is 64.9. The highest BCUT2D eigenvalue weighted by molar-refractivity contribution is 7.47. The number of rotatable bonds is 69. The summed E-state index contributed by atoms with van der Waals surface area (Å²) in [5.41, 5.74) is 0. The summed E-state index contributed by atoms with van der Waals surface area (Å²) in [5, 5.41) is 10.6. The summed E-state index contributed by atoms with van der Waals surface area (Å²) in [6, 6.07) is 0. The summed E-state index contributed by atoms with van der Waals surface area (Å²) in [7, 11) is -9.89. The number of phosphoric acid groups is 2. The summed E-state index contributed by atoms with van der Waals surface area (Å²) < 4.78 is 68.1. The number of ether oxygens (including phenoxy) is 4. The lowest BCUT2D eigenvalue weighted by Crippen LogP contribution is -2.30. The molecule has 5 atom stereocenters. The Bertz CT molecular complexity index is 1700. The summed E-state index contributed by atoms with van der Waals surface area (Å²) in [4.78, 5) is 72.3. The van der Waals surface area contributed by atoms with E-state index >= 15 is 0 Å². The van der Waals surface area contributed by atoms with Gasteiger partial charge in [0, 0.05) is 25.7 Å². The van der Waals surface area contributed by atoms with Crippen LogP contribution in [0.1, 0.15) is 356 Å². The standard InChI is InChI=1S/C69H134O17P2/c1-6-9-12-15-18-21-22-23-24-25-26-27-28-29-30-33-40-45-50-55-69(74)86-65(59-80-67(72)53-48-43-38-35-34-36-41-46-51-62(4)5)61-84-88(77,78)82-57-63(70)56-81-87(75,76)83-60-64(85-68(73)54-49-44-39-32-20-17-14-11-8-3)58-79-66(71)52-47-42-37-31-19-16-13-10-7-2/h62-65,70H,6-61H2,1-5H3,(H,75,76)(H,77,78)/t63-,64+,65+/m0/s1. The Morgan fingerprint density at radius 1 is 0.307 bits per heavy atom. The molecule has 0 aliphatic carbocycles. The largest absolute Gasteiger partial charge is 0.472 e.